The van der Waals surface area contributed by atoms with Gasteiger partial charge in [0.2, 0.25) is 0 Å². The van der Waals surface area contributed by atoms with Gasteiger partial charge in [0, 0.05) is 23.4 Å². The van der Waals surface area contributed by atoms with Gasteiger partial charge in [0.1, 0.15) is 11.6 Å². The highest BCUT2D eigenvalue weighted by atomic mass is 19.1. The summed E-state index contributed by atoms with van der Waals surface area (Å²) in [6, 6.07) is 6.42. The number of halogens is 1. The first-order valence-electron chi connectivity index (χ1n) is 6.34. The maximum absolute atomic E-state index is 12.9. The van der Waals surface area contributed by atoms with Gasteiger partial charge in [-0.2, -0.15) is 0 Å². The molecule has 94 valence electrons. The third-order valence-corrected chi connectivity index (χ3v) is 3.49. The van der Waals surface area contributed by atoms with Gasteiger partial charge in [-0.05, 0) is 50.2 Å². The van der Waals surface area contributed by atoms with Crippen molar-refractivity contribution < 1.29 is 4.39 Å². The lowest BCUT2D eigenvalue weighted by Gasteiger charge is -2.21. The summed E-state index contributed by atoms with van der Waals surface area (Å²) in [6.45, 7) is 2.13. The van der Waals surface area contributed by atoms with E-state index in [9.17, 15) is 4.39 Å². The SMILES string of the molecule is Fc1ccc(-c2ncc(C3CCNCC3)[nH]2)cc1. The van der Waals surface area contributed by atoms with Crippen molar-refractivity contribution in [2.75, 3.05) is 13.1 Å². The van der Waals surface area contributed by atoms with Crippen LogP contribution >= 0.6 is 0 Å². The molecule has 2 N–H and O–H groups in total. The van der Waals surface area contributed by atoms with Crippen molar-refractivity contribution in [1.29, 1.82) is 0 Å². The van der Waals surface area contributed by atoms with Crippen LogP contribution in [0.3, 0.4) is 0 Å². The van der Waals surface area contributed by atoms with Crippen LogP contribution in [0.15, 0.2) is 30.5 Å². The summed E-state index contributed by atoms with van der Waals surface area (Å²) in [5.74, 6) is 1.17. The smallest absolute Gasteiger partial charge is 0.137 e. The summed E-state index contributed by atoms with van der Waals surface area (Å²) in [5, 5.41) is 3.35. The van der Waals surface area contributed by atoms with Crippen molar-refractivity contribution in [3.05, 3.63) is 42.0 Å². The Hall–Kier alpha value is -1.68. The highest BCUT2D eigenvalue weighted by Crippen LogP contribution is 2.25. The van der Waals surface area contributed by atoms with Crippen LogP contribution in [0.2, 0.25) is 0 Å². The first-order chi connectivity index (χ1) is 8.83. The van der Waals surface area contributed by atoms with Crippen molar-refractivity contribution in [2.45, 2.75) is 18.8 Å². The largest absolute Gasteiger partial charge is 0.342 e. The minimum atomic E-state index is -0.219. The van der Waals surface area contributed by atoms with Crippen LogP contribution in [0.4, 0.5) is 4.39 Å². The fourth-order valence-corrected chi connectivity index (χ4v) is 2.43. The lowest BCUT2D eigenvalue weighted by atomic mass is 9.95. The maximum atomic E-state index is 12.9. The number of hydrogen-bond acceptors (Lipinski definition) is 2. The summed E-state index contributed by atoms with van der Waals surface area (Å²) in [5.41, 5.74) is 2.12. The third-order valence-electron chi connectivity index (χ3n) is 3.49. The Labute approximate surface area is 105 Å². The predicted molar refractivity (Wildman–Crippen MR) is 68.8 cm³/mol. The van der Waals surface area contributed by atoms with E-state index in [1.807, 2.05) is 6.20 Å². The number of nitrogens with one attached hydrogen (secondary N) is 2. The van der Waals surface area contributed by atoms with E-state index in [0.717, 1.165) is 37.3 Å². The number of benzene rings is 1. The average molecular weight is 245 g/mol. The van der Waals surface area contributed by atoms with Gasteiger partial charge < -0.3 is 10.3 Å². The first-order valence-corrected chi connectivity index (χ1v) is 6.34. The number of H-pyrrole nitrogens is 1. The van der Waals surface area contributed by atoms with Crippen molar-refractivity contribution in [1.82, 2.24) is 15.3 Å². The highest BCUT2D eigenvalue weighted by molar-refractivity contribution is 5.55. The molecule has 1 aliphatic rings. The van der Waals surface area contributed by atoms with Gasteiger partial charge in [0.05, 0.1) is 0 Å². The van der Waals surface area contributed by atoms with Crippen molar-refractivity contribution in [2.24, 2.45) is 0 Å². The van der Waals surface area contributed by atoms with E-state index in [0.29, 0.717) is 5.92 Å². The van der Waals surface area contributed by atoms with Crippen LogP contribution in [0, 0.1) is 5.82 Å². The Kier molecular flexibility index (Phi) is 3.11. The fraction of sp³-hybridized carbons (Fsp3) is 0.357. The minimum Gasteiger partial charge on any atom is -0.342 e. The highest BCUT2D eigenvalue weighted by Gasteiger charge is 2.17. The van der Waals surface area contributed by atoms with Crippen molar-refractivity contribution in [3.8, 4) is 11.4 Å². The monoisotopic (exact) mass is 245 g/mol. The van der Waals surface area contributed by atoms with E-state index in [1.54, 1.807) is 12.1 Å². The van der Waals surface area contributed by atoms with E-state index >= 15 is 0 Å². The topological polar surface area (TPSA) is 40.7 Å². The molecule has 4 heteroatoms. The Morgan fingerprint density at radius 2 is 1.83 bits per heavy atom. The van der Waals surface area contributed by atoms with Gasteiger partial charge >= 0.3 is 0 Å². The van der Waals surface area contributed by atoms with E-state index in [4.69, 9.17) is 0 Å². The molecule has 0 spiro atoms. The second-order valence-electron chi connectivity index (χ2n) is 4.72. The molecule has 2 heterocycles. The number of piperidine rings is 1. The van der Waals surface area contributed by atoms with E-state index < -0.39 is 0 Å². The first kappa shape index (κ1) is 11.4. The van der Waals surface area contributed by atoms with Gasteiger partial charge in [-0.1, -0.05) is 0 Å². The second-order valence-corrected chi connectivity index (χ2v) is 4.72. The van der Waals surface area contributed by atoms with Crippen LogP contribution in [0.5, 0.6) is 0 Å². The molecule has 3 rings (SSSR count). The Morgan fingerprint density at radius 1 is 1.11 bits per heavy atom. The molecule has 0 unspecified atom stereocenters. The van der Waals surface area contributed by atoms with Crippen LogP contribution < -0.4 is 5.32 Å². The Balaban J connectivity index is 1.82. The van der Waals surface area contributed by atoms with Gasteiger partial charge in [-0.15, -0.1) is 0 Å². The van der Waals surface area contributed by atoms with Crippen LogP contribution in [0.25, 0.3) is 11.4 Å². The Morgan fingerprint density at radius 3 is 2.56 bits per heavy atom. The van der Waals surface area contributed by atoms with Crippen molar-refractivity contribution >= 4 is 0 Å². The average Bonchev–Trinajstić information content (AvgIpc) is 2.90. The van der Waals surface area contributed by atoms with Gasteiger partial charge in [0.15, 0.2) is 0 Å². The van der Waals surface area contributed by atoms with E-state index in [2.05, 4.69) is 15.3 Å². The lowest BCUT2D eigenvalue weighted by Crippen LogP contribution is -2.26. The summed E-state index contributed by atoms with van der Waals surface area (Å²) in [6.07, 6.45) is 4.20. The van der Waals surface area contributed by atoms with Crippen LogP contribution in [-0.2, 0) is 0 Å². The third kappa shape index (κ3) is 2.29. The standard InChI is InChI=1S/C14H16FN3/c15-12-3-1-11(2-4-12)14-17-9-13(18-14)10-5-7-16-8-6-10/h1-4,9-10,16H,5-8H2,(H,17,18). The molecule has 0 aliphatic carbocycles. The Bertz CT molecular complexity index is 512. The second kappa shape index (κ2) is 4.90. The molecule has 0 amide bonds. The van der Waals surface area contributed by atoms with E-state index in [1.165, 1.54) is 17.8 Å². The minimum absolute atomic E-state index is 0.219. The van der Waals surface area contributed by atoms with Gasteiger partial charge in [-0.3, -0.25) is 0 Å². The number of aromatic amines is 1. The summed E-state index contributed by atoms with van der Waals surface area (Å²) in [4.78, 5) is 7.75. The van der Waals surface area contributed by atoms with Crippen LogP contribution in [0.1, 0.15) is 24.5 Å². The molecule has 1 fully saturated rings. The number of imidazole rings is 1. The van der Waals surface area contributed by atoms with Crippen LogP contribution in [-0.4, -0.2) is 23.1 Å². The molecule has 0 radical (unpaired) electrons. The fourth-order valence-electron chi connectivity index (χ4n) is 2.43. The summed E-state index contributed by atoms with van der Waals surface area (Å²) < 4.78 is 12.9. The summed E-state index contributed by atoms with van der Waals surface area (Å²) >= 11 is 0. The molecule has 1 aromatic heterocycles. The number of nitrogens with zero attached hydrogens (tertiary/aromatic N) is 1. The quantitative estimate of drug-likeness (QED) is 0.854. The summed E-state index contributed by atoms with van der Waals surface area (Å²) in [7, 11) is 0. The number of rotatable bonds is 2. The zero-order valence-electron chi connectivity index (χ0n) is 10.1. The molecule has 1 aliphatic heterocycles. The van der Waals surface area contributed by atoms with Crippen molar-refractivity contribution in [3.63, 3.8) is 0 Å². The predicted octanol–water partition coefficient (Wildman–Crippen LogP) is 2.68. The zero-order valence-corrected chi connectivity index (χ0v) is 10.1. The molecule has 0 atom stereocenters. The molecule has 1 saturated heterocycles. The lowest BCUT2D eigenvalue weighted by molar-refractivity contribution is 0.454. The molecular formula is C14H16FN3. The molecule has 1 aromatic carbocycles. The molecule has 3 nitrogen and oxygen atoms in total. The van der Waals surface area contributed by atoms with Gasteiger partial charge in [-0.25, -0.2) is 9.37 Å². The maximum Gasteiger partial charge on any atom is 0.137 e. The molecular weight excluding hydrogens is 229 g/mol. The molecule has 18 heavy (non-hydrogen) atoms. The molecule has 0 bridgehead atoms. The normalized spacial score (nSPS) is 16.9. The molecule has 2 aromatic rings. The van der Waals surface area contributed by atoms with Gasteiger partial charge in [0.25, 0.3) is 0 Å². The zero-order chi connectivity index (χ0) is 12.4. The van der Waals surface area contributed by atoms with E-state index in [-0.39, 0.29) is 5.82 Å². The number of aromatic nitrogens is 2. The molecule has 0 saturated carbocycles. The number of hydrogen-bond donors (Lipinski definition) is 2.